The maximum atomic E-state index is 12.2. The maximum absolute atomic E-state index is 12.2. The molecule has 106 valence electrons. The third-order valence-electron chi connectivity index (χ3n) is 3.34. The van der Waals surface area contributed by atoms with Crippen LogP contribution in [0.15, 0.2) is 51.9 Å². The molecule has 4 heteroatoms. The lowest BCUT2D eigenvalue weighted by Gasteiger charge is -2.07. The topological polar surface area (TPSA) is 52.3 Å². The average Bonchev–Trinajstić information content (AvgIpc) is 2.46. The molecule has 0 amide bonds. The second-order valence-corrected chi connectivity index (χ2v) is 4.97. The summed E-state index contributed by atoms with van der Waals surface area (Å²) in [5.74, 6) is 1.17. The third-order valence-corrected chi connectivity index (χ3v) is 3.34. The highest BCUT2D eigenvalue weighted by molar-refractivity contribution is 5.88. The van der Waals surface area contributed by atoms with Crippen LogP contribution in [0.5, 0.6) is 5.75 Å². The molecule has 3 aromatic rings. The van der Waals surface area contributed by atoms with E-state index in [2.05, 4.69) is 4.98 Å². The van der Waals surface area contributed by atoms with Crippen LogP contribution in [-0.2, 0) is 6.42 Å². The van der Waals surface area contributed by atoms with Gasteiger partial charge in [-0.1, -0.05) is 12.1 Å². The van der Waals surface area contributed by atoms with Crippen molar-refractivity contribution in [1.29, 1.82) is 0 Å². The third kappa shape index (κ3) is 2.65. The summed E-state index contributed by atoms with van der Waals surface area (Å²) in [7, 11) is 1.55. The van der Waals surface area contributed by atoms with Crippen molar-refractivity contribution in [3.63, 3.8) is 0 Å². The predicted molar refractivity (Wildman–Crippen MR) is 80.8 cm³/mol. The molecule has 0 bridgehead atoms. The summed E-state index contributed by atoms with van der Waals surface area (Å²) in [4.78, 5) is 16.3. The first-order chi connectivity index (χ1) is 10.2. The molecule has 0 aliphatic carbocycles. The Labute approximate surface area is 122 Å². The molecule has 0 saturated carbocycles. The molecule has 0 N–H and O–H groups in total. The van der Waals surface area contributed by atoms with Crippen LogP contribution < -0.4 is 10.4 Å². The molecular weight excluding hydrogens is 266 g/mol. The maximum Gasteiger partial charge on any atom is 0.347 e. The number of benzene rings is 1. The molecule has 2 heterocycles. The Morgan fingerprint density at radius 3 is 2.86 bits per heavy atom. The highest BCUT2D eigenvalue weighted by Crippen LogP contribution is 2.25. The first kappa shape index (κ1) is 13.4. The van der Waals surface area contributed by atoms with Crippen LogP contribution in [0.4, 0.5) is 0 Å². The Morgan fingerprint density at radius 2 is 2.14 bits per heavy atom. The van der Waals surface area contributed by atoms with Crippen molar-refractivity contribution >= 4 is 10.8 Å². The molecule has 4 nitrogen and oxygen atoms in total. The van der Waals surface area contributed by atoms with Gasteiger partial charge in [0.25, 0.3) is 0 Å². The van der Waals surface area contributed by atoms with Crippen molar-refractivity contribution < 1.29 is 9.15 Å². The molecule has 0 radical (unpaired) electrons. The highest BCUT2D eigenvalue weighted by Gasteiger charge is 2.11. The van der Waals surface area contributed by atoms with E-state index in [1.54, 1.807) is 19.5 Å². The zero-order valence-electron chi connectivity index (χ0n) is 11.9. The summed E-state index contributed by atoms with van der Waals surface area (Å²) < 4.78 is 10.7. The van der Waals surface area contributed by atoms with Gasteiger partial charge in [-0.25, -0.2) is 4.79 Å². The van der Waals surface area contributed by atoms with Gasteiger partial charge in [0.1, 0.15) is 16.9 Å². The van der Waals surface area contributed by atoms with E-state index in [-0.39, 0.29) is 5.63 Å². The van der Waals surface area contributed by atoms with Gasteiger partial charge in [-0.3, -0.25) is 4.98 Å². The standard InChI is InChI=1S/C17H15NO3/c1-11-6-13-9-14(8-12-4-3-5-18-10-12)21-17(19)16(13)15(7-11)20-2/h3-7,9-10H,8H2,1-2H3. The van der Waals surface area contributed by atoms with Gasteiger partial charge in [-0.15, -0.1) is 0 Å². The van der Waals surface area contributed by atoms with Crippen molar-refractivity contribution in [2.45, 2.75) is 13.3 Å². The molecule has 0 atom stereocenters. The Balaban J connectivity index is 2.13. The molecular formula is C17H15NO3. The van der Waals surface area contributed by atoms with E-state index in [9.17, 15) is 4.79 Å². The van der Waals surface area contributed by atoms with E-state index in [4.69, 9.17) is 9.15 Å². The van der Waals surface area contributed by atoms with E-state index in [0.29, 0.717) is 23.3 Å². The summed E-state index contributed by atoms with van der Waals surface area (Å²) in [5, 5.41) is 1.32. The molecule has 0 aliphatic rings. The summed E-state index contributed by atoms with van der Waals surface area (Å²) in [5.41, 5.74) is 1.67. The van der Waals surface area contributed by atoms with E-state index in [0.717, 1.165) is 16.5 Å². The van der Waals surface area contributed by atoms with Crippen molar-refractivity contribution in [2.75, 3.05) is 7.11 Å². The molecule has 3 rings (SSSR count). The fourth-order valence-corrected chi connectivity index (χ4v) is 2.44. The van der Waals surface area contributed by atoms with Crippen LogP contribution in [0.2, 0.25) is 0 Å². The van der Waals surface area contributed by atoms with Gasteiger partial charge in [-0.05, 0) is 41.6 Å². The molecule has 0 aliphatic heterocycles. The Bertz CT molecular complexity index is 838. The van der Waals surface area contributed by atoms with Crippen LogP contribution in [0, 0.1) is 6.92 Å². The van der Waals surface area contributed by atoms with E-state index in [1.165, 1.54) is 0 Å². The van der Waals surface area contributed by atoms with E-state index < -0.39 is 0 Å². The molecule has 1 aromatic carbocycles. The van der Waals surface area contributed by atoms with Gasteiger partial charge < -0.3 is 9.15 Å². The largest absolute Gasteiger partial charge is 0.496 e. The number of nitrogens with zero attached hydrogens (tertiary/aromatic N) is 1. The van der Waals surface area contributed by atoms with Gasteiger partial charge in [-0.2, -0.15) is 0 Å². The number of fused-ring (bicyclic) bond motifs is 1. The zero-order valence-corrected chi connectivity index (χ0v) is 11.9. The number of ether oxygens (including phenoxy) is 1. The zero-order chi connectivity index (χ0) is 14.8. The SMILES string of the molecule is COc1cc(C)cc2cc(Cc3cccnc3)oc(=O)c12. The summed E-state index contributed by atoms with van der Waals surface area (Å²) in [6.07, 6.45) is 4.02. The number of methoxy groups -OCH3 is 1. The van der Waals surface area contributed by atoms with Gasteiger partial charge in [0.05, 0.1) is 7.11 Å². The normalized spacial score (nSPS) is 10.8. The van der Waals surface area contributed by atoms with Gasteiger partial charge in [0.15, 0.2) is 0 Å². The highest BCUT2D eigenvalue weighted by atomic mass is 16.5. The summed E-state index contributed by atoms with van der Waals surface area (Å²) in [6, 6.07) is 9.50. The molecule has 2 aromatic heterocycles. The molecule has 0 spiro atoms. The average molecular weight is 281 g/mol. The number of rotatable bonds is 3. The second-order valence-electron chi connectivity index (χ2n) is 4.97. The lowest BCUT2D eigenvalue weighted by Crippen LogP contribution is -2.05. The number of pyridine rings is 1. The van der Waals surface area contributed by atoms with E-state index in [1.807, 2.05) is 37.3 Å². The van der Waals surface area contributed by atoms with Crippen molar-refractivity contribution in [2.24, 2.45) is 0 Å². The smallest absolute Gasteiger partial charge is 0.347 e. The molecule has 21 heavy (non-hydrogen) atoms. The van der Waals surface area contributed by atoms with Gasteiger partial charge >= 0.3 is 5.63 Å². The summed E-state index contributed by atoms with van der Waals surface area (Å²) >= 11 is 0. The Hall–Kier alpha value is -2.62. The van der Waals surface area contributed by atoms with Crippen LogP contribution in [0.3, 0.4) is 0 Å². The quantitative estimate of drug-likeness (QED) is 0.740. The lowest BCUT2D eigenvalue weighted by molar-refractivity contribution is 0.415. The van der Waals surface area contributed by atoms with Crippen molar-refractivity contribution in [1.82, 2.24) is 4.98 Å². The van der Waals surface area contributed by atoms with Crippen LogP contribution in [0.25, 0.3) is 10.8 Å². The van der Waals surface area contributed by atoms with Crippen LogP contribution >= 0.6 is 0 Å². The van der Waals surface area contributed by atoms with Gasteiger partial charge in [0.2, 0.25) is 0 Å². The van der Waals surface area contributed by atoms with Crippen LogP contribution in [-0.4, -0.2) is 12.1 Å². The summed E-state index contributed by atoms with van der Waals surface area (Å²) in [6.45, 7) is 1.97. The minimum Gasteiger partial charge on any atom is -0.496 e. The molecule has 0 fully saturated rings. The van der Waals surface area contributed by atoms with Crippen LogP contribution in [0.1, 0.15) is 16.9 Å². The Kier molecular flexibility index (Phi) is 3.44. The molecule has 0 saturated heterocycles. The van der Waals surface area contributed by atoms with E-state index >= 15 is 0 Å². The lowest BCUT2D eigenvalue weighted by atomic mass is 10.1. The first-order valence-corrected chi connectivity index (χ1v) is 6.67. The van der Waals surface area contributed by atoms with Crippen molar-refractivity contribution in [3.05, 3.63) is 70.0 Å². The molecule has 0 unspecified atom stereocenters. The predicted octanol–water partition coefficient (Wildman–Crippen LogP) is 3.10. The van der Waals surface area contributed by atoms with Gasteiger partial charge in [0, 0.05) is 18.8 Å². The van der Waals surface area contributed by atoms with Crippen molar-refractivity contribution in [3.8, 4) is 5.75 Å². The second kappa shape index (κ2) is 5.40. The number of aromatic nitrogens is 1. The fourth-order valence-electron chi connectivity index (χ4n) is 2.44. The minimum absolute atomic E-state index is 0.372. The monoisotopic (exact) mass is 281 g/mol. The fraction of sp³-hybridized carbons (Fsp3) is 0.176. The Morgan fingerprint density at radius 1 is 1.29 bits per heavy atom. The number of hydrogen-bond acceptors (Lipinski definition) is 4. The first-order valence-electron chi connectivity index (χ1n) is 6.67. The number of hydrogen-bond donors (Lipinski definition) is 0. The number of aryl methyl sites for hydroxylation is 1. The minimum atomic E-state index is -0.372.